The van der Waals surface area contributed by atoms with Crippen LogP contribution in [0.5, 0.6) is 11.5 Å². The van der Waals surface area contributed by atoms with Gasteiger partial charge in [0.15, 0.2) is 11.5 Å². The Balaban J connectivity index is 1.61. The Hall–Kier alpha value is -3.21. The van der Waals surface area contributed by atoms with E-state index in [0.29, 0.717) is 54.1 Å². The number of carbonyl (C=O) groups excluding carboxylic acids is 1. The second-order valence-electron chi connectivity index (χ2n) is 6.47. The van der Waals surface area contributed by atoms with E-state index in [-0.39, 0.29) is 12.4 Å². The number of halogens is 1. The Morgan fingerprint density at radius 1 is 1.21 bits per heavy atom. The number of nitrogens with zero attached hydrogens (tertiary/aromatic N) is 2. The fourth-order valence-corrected chi connectivity index (χ4v) is 3.42. The smallest absolute Gasteiger partial charge is 0.266 e. The molecule has 2 aliphatic rings. The summed E-state index contributed by atoms with van der Waals surface area (Å²) in [5.74, 6) is 0.575. The predicted molar refractivity (Wildman–Crippen MR) is 109 cm³/mol. The molecule has 1 saturated heterocycles. The Labute approximate surface area is 173 Å². The van der Waals surface area contributed by atoms with Gasteiger partial charge in [-0.3, -0.25) is 4.79 Å². The molecule has 0 saturated carbocycles. The zero-order chi connectivity index (χ0) is 20.2. The zero-order valence-electron chi connectivity index (χ0n) is 15.5. The Morgan fingerprint density at radius 2 is 2.03 bits per heavy atom. The summed E-state index contributed by atoms with van der Waals surface area (Å²) in [6.45, 7) is 2.75. The first kappa shape index (κ1) is 19.1. The van der Waals surface area contributed by atoms with Crippen molar-refractivity contribution >= 4 is 35.0 Å². The standard InChI is InChI=1S/C21H18ClN3O4/c22-16-4-5-18(25-6-8-27-9-7-25)17(11-16)24-21(26)15(12-23)10-14-2-1-3-19-20(14)29-13-28-19/h1-5,10-11H,6-9,13H2,(H,24,26). The van der Waals surface area contributed by atoms with Gasteiger partial charge in [-0.25, -0.2) is 0 Å². The third-order valence-corrected chi connectivity index (χ3v) is 4.89. The second kappa shape index (κ2) is 8.43. The highest BCUT2D eigenvalue weighted by Crippen LogP contribution is 2.36. The number of fused-ring (bicyclic) bond motifs is 1. The van der Waals surface area contributed by atoms with Crippen LogP contribution in [0.2, 0.25) is 5.02 Å². The van der Waals surface area contributed by atoms with Crippen molar-refractivity contribution in [2.75, 3.05) is 43.3 Å². The highest BCUT2D eigenvalue weighted by Gasteiger charge is 2.20. The maximum Gasteiger partial charge on any atom is 0.266 e. The van der Waals surface area contributed by atoms with E-state index in [9.17, 15) is 10.1 Å². The van der Waals surface area contributed by atoms with Crippen molar-refractivity contribution in [1.29, 1.82) is 5.26 Å². The number of nitrogens with one attached hydrogen (secondary N) is 1. The summed E-state index contributed by atoms with van der Waals surface area (Å²) in [7, 11) is 0. The number of anilines is 2. The molecule has 0 bridgehead atoms. The van der Waals surface area contributed by atoms with E-state index < -0.39 is 5.91 Å². The molecule has 0 atom stereocenters. The molecule has 0 radical (unpaired) electrons. The lowest BCUT2D eigenvalue weighted by molar-refractivity contribution is -0.112. The Kier molecular flexibility index (Phi) is 5.56. The maximum atomic E-state index is 12.8. The largest absolute Gasteiger partial charge is 0.454 e. The van der Waals surface area contributed by atoms with Gasteiger partial charge in [0, 0.05) is 23.7 Å². The van der Waals surface area contributed by atoms with E-state index in [2.05, 4.69) is 10.2 Å². The molecule has 0 unspecified atom stereocenters. The van der Waals surface area contributed by atoms with Crippen molar-refractivity contribution < 1.29 is 19.0 Å². The molecule has 7 nitrogen and oxygen atoms in total. The first-order chi connectivity index (χ1) is 14.2. The minimum absolute atomic E-state index is 0.0539. The lowest BCUT2D eigenvalue weighted by Gasteiger charge is -2.30. The van der Waals surface area contributed by atoms with E-state index in [4.69, 9.17) is 25.8 Å². The van der Waals surface area contributed by atoms with E-state index in [0.717, 1.165) is 5.69 Å². The maximum absolute atomic E-state index is 12.8. The van der Waals surface area contributed by atoms with Gasteiger partial charge in [-0.05, 0) is 30.3 Å². The number of benzene rings is 2. The normalized spacial score (nSPS) is 15.7. The van der Waals surface area contributed by atoms with E-state index in [1.54, 1.807) is 30.3 Å². The minimum Gasteiger partial charge on any atom is -0.454 e. The highest BCUT2D eigenvalue weighted by atomic mass is 35.5. The molecule has 1 N–H and O–H groups in total. The molecule has 0 spiro atoms. The summed E-state index contributed by atoms with van der Waals surface area (Å²) >= 11 is 6.14. The van der Waals surface area contributed by atoms with Crippen LogP contribution in [-0.2, 0) is 9.53 Å². The fourth-order valence-electron chi connectivity index (χ4n) is 3.25. The molecular formula is C21H18ClN3O4. The lowest BCUT2D eigenvalue weighted by Crippen LogP contribution is -2.36. The predicted octanol–water partition coefficient (Wildman–Crippen LogP) is 3.45. The topological polar surface area (TPSA) is 83.8 Å². The van der Waals surface area contributed by atoms with Gasteiger partial charge in [0.2, 0.25) is 6.79 Å². The van der Waals surface area contributed by atoms with Crippen molar-refractivity contribution in [3.05, 3.63) is 52.6 Å². The molecule has 8 heteroatoms. The molecular weight excluding hydrogens is 394 g/mol. The van der Waals surface area contributed by atoms with Crippen LogP contribution >= 0.6 is 11.6 Å². The van der Waals surface area contributed by atoms with Crippen LogP contribution in [0.3, 0.4) is 0 Å². The van der Waals surface area contributed by atoms with Crippen LogP contribution in [0.4, 0.5) is 11.4 Å². The van der Waals surface area contributed by atoms with Crippen molar-refractivity contribution in [1.82, 2.24) is 0 Å². The lowest BCUT2D eigenvalue weighted by atomic mass is 10.1. The number of ether oxygens (including phenoxy) is 3. The van der Waals surface area contributed by atoms with E-state index >= 15 is 0 Å². The third kappa shape index (κ3) is 4.14. The molecule has 148 valence electrons. The van der Waals surface area contributed by atoms with Gasteiger partial charge in [-0.2, -0.15) is 5.26 Å². The summed E-state index contributed by atoms with van der Waals surface area (Å²) < 4.78 is 16.2. The van der Waals surface area contributed by atoms with E-state index in [1.807, 2.05) is 12.1 Å². The Morgan fingerprint density at radius 3 is 2.83 bits per heavy atom. The molecule has 0 aliphatic carbocycles. The number of hydrogen-bond donors (Lipinski definition) is 1. The fraction of sp³-hybridized carbons (Fsp3) is 0.238. The summed E-state index contributed by atoms with van der Waals surface area (Å²) in [5.41, 5.74) is 1.93. The molecule has 1 amide bonds. The quantitative estimate of drug-likeness (QED) is 0.612. The van der Waals surface area contributed by atoms with Gasteiger partial charge in [0.05, 0.1) is 24.6 Å². The Bertz CT molecular complexity index is 1010. The first-order valence-corrected chi connectivity index (χ1v) is 9.47. The molecule has 1 fully saturated rings. The number of rotatable bonds is 4. The van der Waals surface area contributed by atoms with Gasteiger partial charge >= 0.3 is 0 Å². The summed E-state index contributed by atoms with van der Waals surface area (Å²) in [6, 6.07) is 12.6. The summed E-state index contributed by atoms with van der Waals surface area (Å²) in [6.07, 6.45) is 1.49. The van der Waals surface area contributed by atoms with Gasteiger partial charge in [0.25, 0.3) is 5.91 Å². The van der Waals surface area contributed by atoms with Crippen LogP contribution < -0.4 is 19.7 Å². The van der Waals surface area contributed by atoms with Crippen LogP contribution in [0.15, 0.2) is 42.0 Å². The summed E-state index contributed by atoms with van der Waals surface area (Å²) in [4.78, 5) is 14.9. The van der Waals surface area contributed by atoms with Gasteiger partial charge in [0.1, 0.15) is 11.6 Å². The van der Waals surface area contributed by atoms with Crippen LogP contribution in [0.1, 0.15) is 5.56 Å². The molecule has 2 heterocycles. The van der Waals surface area contributed by atoms with Crippen molar-refractivity contribution in [2.45, 2.75) is 0 Å². The van der Waals surface area contributed by atoms with Gasteiger partial charge in [-0.15, -0.1) is 0 Å². The third-order valence-electron chi connectivity index (χ3n) is 4.65. The molecule has 29 heavy (non-hydrogen) atoms. The molecule has 4 rings (SSSR count). The van der Waals surface area contributed by atoms with Crippen molar-refractivity contribution in [3.8, 4) is 17.6 Å². The van der Waals surface area contributed by atoms with Gasteiger partial charge in [-0.1, -0.05) is 23.7 Å². The van der Waals surface area contributed by atoms with Crippen molar-refractivity contribution in [2.24, 2.45) is 0 Å². The zero-order valence-corrected chi connectivity index (χ0v) is 16.2. The van der Waals surface area contributed by atoms with E-state index in [1.165, 1.54) is 6.08 Å². The number of amides is 1. The minimum atomic E-state index is -0.527. The van der Waals surface area contributed by atoms with Crippen LogP contribution in [0.25, 0.3) is 6.08 Å². The average Bonchev–Trinajstić information content (AvgIpc) is 3.22. The monoisotopic (exact) mass is 411 g/mol. The highest BCUT2D eigenvalue weighted by molar-refractivity contribution is 6.31. The number of morpholine rings is 1. The summed E-state index contributed by atoms with van der Waals surface area (Å²) in [5, 5.41) is 12.9. The van der Waals surface area contributed by atoms with Crippen molar-refractivity contribution in [3.63, 3.8) is 0 Å². The second-order valence-corrected chi connectivity index (χ2v) is 6.90. The number of nitriles is 1. The van der Waals surface area contributed by atoms with Gasteiger partial charge < -0.3 is 24.4 Å². The number of carbonyl (C=O) groups is 1. The molecule has 0 aromatic heterocycles. The van der Waals surface area contributed by atoms with Crippen LogP contribution in [0, 0.1) is 11.3 Å². The SMILES string of the molecule is N#CC(=Cc1cccc2c1OCO2)C(=O)Nc1cc(Cl)ccc1N1CCOCC1. The number of hydrogen-bond acceptors (Lipinski definition) is 6. The molecule has 2 aliphatic heterocycles. The first-order valence-electron chi connectivity index (χ1n) is 9.10. The molecule has 2 aromatic carbocycles. The van der Waals surface area contributed by atoms with Crippen LogP contribution in [-0.4, -0.2) is 39.0 Å². The number of para-hydroxylation sites is 1. The molecule has 2 aromatic rings. The average molecular weight is 412 g/mol.